The lowest BCUT2D eigenvalue weighted by Gasteiger charge is -2.10. The number of carbonyl (C=O) groups is 1. The van der Waals surface area contributed by atoms with E-state index in [-0.39, 0.29) is 19.3 Å². The van der Waals surface area contributed by atoms with Gasteiger partial charge in [0.2, 0.25) is 6.79 Å². The Kier molecular flexibility index (Phi) is 4.37. The van der Waals surface area contributed by atoms with Crippen molar-refractivity contribution in [3.63, 3.8) is 0 Å². The summed E-state index contributed by atoms with van der Waals surface area (Å²) in [5, 5.41) is 2.84. The average Bonchev–Trinajstić information content (AvgIpc) is 2.95. The quantitative estimate of drug-likeness (QED) is 0.785. The number of anilines is 1. The van der Waals surface area contributed by atoms with Crippen molar-refractivity contribution in [2.45, 2.75) is 6.92 Å². The van der Waals surface area contributed by atoms with Crippen LogP contribution in [0.2, 0.25) is 0 Å². The maximum atomic E-state index is 12.0. The molecule has 22 heavy (non-hydrogen) atoms. The Labute approximate surface area is 141 Å². The molecule has 1 N–H and O–H groups in total. The van der Waals surface area contributed by atoms with Crippen molar-refractivity contribution in [2.24, 2.45) is 0 Å². The molecule has 1 aliphatic rings. The summed E-state index contributed by atoms with van der Waals surface area (Å²) in [6.07, 6.45) is 0. The van der Waals surface area contributed by atoms with Crippen LogP contribution in [0.4, 0.5) is 5.69 Å². The molecule has 1 heterocycles. The third-order valence-electron chi connectivity index (χ3n) is 3.18. The average molecular weight is 411 g/mol. The maximum Gasteiger partial charge on any atom is 0.262 e. The van der Waals surface area contributed by atoms with E-state index in [1.54, 1.807) is 18.2 Å². The van der Waals surface area contributed by atoms with Crippen LogP contribution in [-0.2, 0) is 4.79 Å². The summed E-state index contributed by atoms with van der Waals surface area (Å²) in [6.45, 7) is 2.10. The zero-order valence-corrected chi connectivity index (χ0v) is 14.0. The molecule has 0 saturated carbocycles. The highest BCUT2D eigenvalue weighted by Gasteiger charge is 2.14. The number of ether oxygens (including phenoxy) is 3. The van der Waals surface area contributed by atoms with Crippen LogP contribution < -0.4 is 19.5 Å². The first kappa shape index (κ1) is 15.0. The van der Waals surface area contributed by atoms with Crippen molar-refractivity contribution in [3.05, 3.63) is 45.5 Å². The van der Waals surface area contributed by atoms with Gasteiger partial charge in [-0.3, -0.25) is 4.79 Å². The van der Waals surface area contributed by atoms with Crippen molar-refractivity contribution in [1.82, 2.24) is 0 Å². The second kappa shape index (κ2) is 6.43. The fourth-order valence-electron chi connectivity index (χ4n) is 2.07. The number of benzene rings is 2. The van der Waals surface area contributed by atoms with Crippen LogP contribution in [0.3, 0.4) is 0 Å². The van der Waals surface area contributed by atoms with Crippen molar-refractivity contribution >= 4 is 34.2 Å². The summed E-state index contributed by atoms with van der Waals surface area (Å²) >= 11 is 2.24. The lowest BCUT2D eigenvalue weighted by atomic mass is 10.2. The Morgan fingerprint density at radius 2 is 2.05 bits per heavy atom. The minimum atomic E-state index is -0.207. The molecule has 2 aromatic rings. The van der Waals surface area contributed by atoms with Gasteiger partial charge in [0.05, 0.1) is 0 Å². The zero-order valence-electron chi connectivity index (χ0n) is 11.9. The molecule has 6 heteroatoms. The molecule has 0 bridgehead atoms. The van der Waals surface area contributed by atoms with Crippen molar-refractivity contribution in [1.29, 1.82) is 0 Å². The first-order valence-electron chi connectivity index (χ1n) is 6.70. The minimum Gasteiger partial charge on any atom is -0.484 e. The monoisotopic (exact) mass is 411 g/mol. The van der Waals surface area contributed by atoms with Crippen LogP contribution in [0.1, 0.15) is 5.56 Å². The Morgan fingerprint density at radius 3 is 2.86 bits per heavy atom. The van der Waals surface area contributed by atoms with Gasteiger partial charge >= 0.3 is 0 Å². The van der Waals surface area contributed by atoms with Gasteiger partial charge < -0.3 is 19.5 Å². The molecule has 5 nitrogen and oxygen atoms in total. The predicted octanol–water partition coefficient (Wildman–Crippen LogP) is 3.35. The normalized spacial score (nSPS) is 12.1. The highest BCUT2D eigenvalue weighted by molar-refractivity contribution is 14.1. The Hall–Kier alpha value is -1.96. The molecule has 1 aliphatic heterocycles. The number of hydrogen-bond donors (Lipinski definition) is 1. The van der Waals surface area contributed by atoms with Crippen LogP contribution in [-0.4, -0.2) is 19.3 Å². The molecule has 3 rings (SSSR count). The number of halogens is 1. The predicted molar refractivity (Wildman–Crippen MR) is 90.6 cm³/mol. The third kappa shape index (κ3) is 3.44. The van der Waals surface area contributed by atoms with E-state index in [0.29, 0.717) is 17.2 Å². The van der Waals surface area contributed by atoms with Gasteiger partial charge in [-0.15, -0.1) is 0 Å². The first-order valence-corrected chi connectivity index (χ1v) is 7.78. The van der Waals surface area contributed by atoms with Crippen LogP contribution >= 0.6 is 22.6 Å². The highest BCUT2D eigenvalue weighted by atomic mass is 127. The van der Waals surface area contributed by atoms with Crippen molar-refractivity contribution < 1.29 is 19.0 Å². The minimum absolute atomic E-state index is 0.0644. The van der Waals surface area contributed by atoms with E-state index in [4.69, 9.17) is 14.2 Å². The molecule has 0 radical (unpaired) electrons. The third-order valence-corrected chi connectivity index (χ3v) is 3.85. The van der Waals surface area contributed by atoms with Crippen LogP contribution in [0.25, 0.3) is 0 Å². The van der Waals surface area contributed by atoms with E-state index < -0.39 is 0 Å². The molecular formula is C16H14INO4. The van der Waals surface area contributed by atoms with Crippen LogP contribution in [0.15, 0.2) is 36.4 Å². The van der Waals surface area contributed by atoms with E-state index in [1.165, 1.54) is 0 Å². The fourth-order valence-corrected chi connectivity index (χ4v) is 2.72. The maximum absolute atomic E-state index is 12.0. The number of carbonyl (C=O) groups excluding carboxylic acids is 1. The van der Waals surface area contributed by atoms with Gasteiger partial charge in [-0.2, -0.15) is 0 Å². The molecule has 114 valence electrons. The molecule has 0 unspecified atom stereocenters. The van der Waals surface area contributed by atoms with Gasteiger partial charge in [-0.05, 0) is 65.4 Å². The Morgan fingerprint density at radius 1 is 1.23 bits per heavy atom. The first-order chi connectivity index (χ1) is 10.6. The number of nitrogens with one attached hydrogen (secondary N) is 1. The molecule has 0 aliphatic carbocycles. The fraction of sp³-hybridized carbons (Fsp3) is 0.188. The molecule has 0 aromatic heterocycles. The Bertz CT molecular complexity index is 717. The van der Waals surface area contributed by atoms with Gasteiger partial charge in [0.15, 0.2) is 18.1 Å². The SMILES string of the molecule is Cc1cc(I)ccc1NC(=O)COc1ccc2c(c1)OCO2. The largest absolute Gasteiger partial charge is 0.484 e. The van der Waals surface area contributed by atoms with E-state index >= 15 is 0 Å². The lowest BCUT2D eigenvalue weighted by molar-refractivity contribution is -0.118. The van der Waals surface area contributed by atoms with Gasteiger partial charge in [0.25, 0.3) is 5.91 Å². The number of rotatable bonds is 4. The van der Waals surface area contributed by atoms with E-state index in [9.17, 15) is 4.79 Å². The summed E-state index contributed by atoms with van der Waals surface area (Å²) in [4.78, 5) is 12.0. The number of amides is 1. The zero-order chi connectivity index (χ0) is 15.5. The van der Waals surface area contributed by atoms with Gasteiger partial charge in [-0.25, -0.2) is 0 Å². The molecule has 0 spiro atoms. The van der Waals surface area contributed by atoms with Crippen LogP contribution in [0.5, 0.6) is 17.2 Å². The second-order valence-electron chi connectivity index (χ2n) is 4.81. The Balaban J connectivity index is 1.58. The topological polar surface area (TPSA) is 56.8 Å². The molecule has 0 atom stereocenters. The summed E-state index contributed by atoms with van der Waals surface area (Å²) in [7, 11) is 0. The summed E-state index contributed by atoms with van der Waals surface area (Å²) in [6, 6.07) is 11.1. The standard InChI is InChI=1S/C16H14INO4/c1-10-6-11(17)2-4-13(10)18-16(19)8-20-12-3-5-14-15(7-12)22-9-21-14/h2-7H,8-9H2,1H3,(H,18,19). The molecule has 0 saturated heterocycles. The van der Waals surface area contributed by atoms with Gasteiger partial charge in [0, 0.05) is 15.3 Å². The number of fused-ring (bicyclic) bond motifs is 1. The lowest BCUT2D eigenvalue weighted by Crippen LogP contribution is -2.20. The van der Waals surface area contributed by atoms with E-state index in [2.05, 4.69) is 27.9 Å². The summed E-state index contributed by atoms with van der Waals surface area (Å²) in [5.41, 5.74) is 1.81. The smallest absolute Gasteiger partial charge is 0.262 e. The number of aryl methyl sites for hydroxylation is 1. The molecule has 0 fully saturated rings. The molecular weight excluding hydrogens is 397 g/mol. The number of hydrogen-bond acceptors (Lipinski definition) is 4. The van der Waals surface area contributed by atoms with Gasteiger partial charge in [0.1, 0.15) is 5.75 Å². The highest BCUT2D eigenvalue weighted by Crippen LogP contribution is 2.35. The van der Waals surface area contributed by atoms with Crippen molar-refractivity contribution in [2.75, 3.05) is 18.7 Å². The van der Waals surface area contributed by atoms with Gasteiger partial charge in [-0.1, -0.05) is 0 Å². The summed E-state index contributed by atoms with van der Waals surface area (Å²) < 4.78 is 17.1. The molecule has 2 aromatic carbocycles. The second-order valence-corrected chi connectivity index (χ2v) is 6.06. The van der Waals surface area contributed by atoms with Crippen LogP contribution in [0, 0.1) is 10.5 Å². The summed E-state index contributed by atoms with van der Waals surface area (Å²) in [5.74, 6) is 1.68. The van der Waals surface area contributed by atoms with E-state index in [1.807, 2.05) is 25.1 Å². The van der Waals surface area contributed by atoms with E-state index in [0.717, 1.165) is 14.8 Å². The molecule has 1 amide bonds. The van der Waals surface area contributed by atoms with Crippen molar-refractivity contribution in [3.8, 4) is 17.2 Å².